The van der Waals surface area contributed by atoms with E-state index in [4.69, 9.17) is 23.4 Å². The third-order valence-corrected chi connectivity index (χ3v) is 32.7. The fourth-order valence-corrected chi connectivity index (χ4v) is 27.0. The minimum atomic E-state index is -0.907. The zero-order valence-electron chi connectivity index (χ0n) is 77.1. The molecular formula is C136H80N2O5. The maximum atomic E-state index is 7.40. The third-order valence-electron chi connectivity index (χ3n) is 32.7. The Hall–Kier alpha value is -18.6. The zero-order chi connectivity index (χ0) is 93.3. The van der Waals surface area contributed by atoms with Crippen LogP contribution in [0.3, 0.4) is 0 Å². The van der Waals surface area contributed by atoms with Gasteiger partial charge in [0, 0.05) is 89.4 Å². The summed E-state index contributed by atoms with van der Waals surface area (Å²) < 4.78 is 35.1. The minimum Gasteiger partial charge on any atom is -0.457 e. The molecule has 0 radical (unpaired) electrons. The number of rotatable bonds is 8. The van der Waals surface area contributed by atoms with Crippen molar-refractivity contribution in [2.45, 2.75) is 21.7 Å². The van der Waals surface area contributed by atoms with Gasteiger partial charge in [0.05, 0.1) is 21.7 Å². The predicted molar refractivity (Wildman–Crippen MR) is 576 cm³/mol. The van der Waals surface area contributed by atoms with E-state index in [0.29, 0.717) is 0 Å². The highest BCUT2D eigenvalue weighted by molar-refractivity contribution is 6.26. The molecule has 32 rings (SSSR count). The van der Waals surface area contributed by atoms with Crippen molar-refractivity contribution in [3.05, 3.63) is 574 Å². The Morgan fingerprint density at radius 3 is 0.832 bits per heavy atom. The molecule has 23 aromatic carbocycles. The SMILES string of the molecule is c1ccc2c(c1)Oc1ccccc1C21c2ccccc2-c2cc(N(c3ccc(-c4ccc5c(c4)oc4ccccc45)cc3)c3ccc4c(c3)C3(c5ccccc5Oc5ccc(-c6ccc7c(c6)C6(c8ccccc8O7)c7ccccc7-c7cc(N(c8ccc9c(c8)C8(c%10ccccc%10Oc%10ccccc%108)c8ccccc8-9)c8ccc9c%10ccccc%10c%10ccccc%10c9c8)ccc76)cc53)c3ccccc3-4)ccc21. The van der Waals surface area contributed by atoms with E-state index < -0.39 is 21.7 Å². The molecule has 4 aliphatic carbocycles. The second-order valence-corrected chi connectivity index (χ2v) is 39.3. The largest absolute Gasteiger partial charge is 0.457 e. The molecule has 664 valence electrons. The van der Waals surface area contributed by atoms with Crippen LogP contribution >= 0.6 is 0 Å². The third kappa shape index (κ3) is 10.4. The molecule has 1 aromatic heterocycles. The van der Waals surface area contributed by atoms with Crippen LogP contribution in [0.1, 0.15) is 89.0 Å². The normalized spacial score (nSPS) is 15.8. The van der Waals surface area contributed by atoms with Crippen molar-refractivity contribution in [3.63, 3.8) is 0 Å². The molecular weight excluding hydrogens is 1740 g/mol. The molecule has 0 bridgehead atoms. The van der Waals surface area contributed by atoms with E-state index in [1.807, 2.05) is 12.1 Å². The lowest BCUT2D eigenvalue weighted by Crippen LogP contribution is -2.32. The van der Waals surface area contributed by atoms with Crippen LogP contribution in [0.2, 0.25) is 0 Å². The average Bonchev–Trinajstić information content (AvgIpc) is 1.54. The van der Waals surface area contributed by atoms with E-state index in [0.717, 1.165) is 191 Å². The van der Waals surface area contributed by atoms with Gasteiger partial charge in [0.25, 0.3) is 0 Å². The lowest BCUT2D eigenvalue weighted by molar-refractivity contribution is 0.436. The molecule has 0 N–H and O–H groups in total. The van der Waals surface area contributed by atoms with E-state index >= 15 is 0 Å². The standard InChI is InChI=1S/C136H80N2O5/c1-2-29-93-91(27-1)92-28-3-4-30-94(92)104-76-86(60-66-95(93)104)138(90-62-68-100-96-31-5-10-36-107(96)135(119(100)80-90)116-43-17-24-50-127(116)141-128-51-25-18-44-117(128)135)88-64-70-112-106(78-88)99-34-8-13-39-110(99)134(112)115-42-16-23-49-126(115)142-130-71-56-82(73-121(130)134)83-57-72-131-122(74-83)136(118-45-19-26-52-129(118)143-131)108-37-11-6-32-97(108)101-67-61-89(79-120(101)136)137(85-58-53-81(54-59-85)84-55-65-103-102-35-9-20-46-123(102)139-132(103)75-84)87-63-69-111-105(77-87)98-33-7-12-38-109(98)133(111)113-40-14-21-47-124(113)140-125-48-22-15-41-114(125)133/h1-80H. The van der Waals surface area contributed by atoms with Crippen molar-refractivity contribution < 1.29 is 23.4 Å². The second kappa shape index (κ2) is 29.0. The highest BCUT2D eigenvalue weighted by atomic mass is 16.5. The summed E-state index contributed by atoms with van der Waals surface area (Å²) in [5.74, 6) is 6.65. The smallest absolute Gasteiger partial charge is 0.136 e. The number of anilines is 6. The maximum Gasteiger partial charge on any atom is 0.136 e. The first-order valence-electron chi connectivity index (χ1n) is 49.4. The Kier molecular flexibility index (Phi) is 15.9. The second-order valence-electron chi connectivity index (χ2n) is 39.3. The first-order valence-corrected chi connectivity index (χ1v) is 49.4. The predicted octanol–water partition coefficient (Wildman–Crippen LogP) is 35.2. The van der Waals surface area contributed by atoms with Crippen LogP contribution < -0.4 is 28.7 Å². The van der Waals surface area contributed by atoms with Crippen LogP contribution in [0.15, 0.2) is 490 Å². The molecule has 2 atom stereocenters. The van der Waals surface area contributed by atoms with Crippen LogP contribution in [0.25, 0.3) is 121 Å². The molecule has 4 spiro atoms. The van der Waals surface area contributed by atoms with Crippen LogP contribution in [0, 0.1) is 0 Å². The molecule has 8 aliphatic rings. The molecule has 7 heteroatoms. The van der Waals surface area contributed by atoms with Gasteiger partial charge in [0.15, 0.2) is 0 Å². The highest BCUT2D eigenvalue weighted by Crippen LogP contribution is 2.70. The summed E-state index contributed by atoms with van der Waals surface area (Å²) >= 11 is 0. The summed E-state index contributed by atoms with van der Waals surface area (Å²) in [5.41, 5.74) is 36.6. The number of hydrogen-bond acceptors (Lipinski definition) is 7. The number of benzene rings is 23. The zero-order valence-corrected chi connectivity index (χ0v) is 77.1. The van der Waals surface area contributed by atoms with E-state index in [9.17, 15) is 0 Å². The lowest BCUT2D eigenvalue weighted by Gasteiger charge is -2.40. The molecule has 0 saturated carbocycles. The van der Waals surface area contributed by atoms with E-state index in [1.165, 1.54) is 99.1 Å². The fraction of sp³-hybridized carbons (Fsp3) is 0.0294. The Labute approximate surface area is 824 Å². The van der Waals surface area contributed by atoms with Crippen molar-refractivity contribution in [1.82, 2.24) is 0 Å². The van der Waals surface area contributed by atoms with Crippen molar-refractivity contribution in [2.75, 3.05) is 9.80 Å². The fourth-order valence-electron chi connectivity index (χ4n) is 27.0. The van der Waals surface area contributed by atoms with Gasteiger partial charge in [-0.15, -0.1) is 0 Å². The molecule has 5 heterocycles. The van der Waals surface area contributed by atoms with Gasteiger partial charge in [-0.3, -0.25) is 0 Å². The number of furan rings is 1. The number of para-hydroxylation sites is 7. The van der Waals surface area contributed by atoms with E-state index in [2.05, 4.69) is 483 Å². The van der Waals surface area contributed by atoms with Gasteiger partial charge in [-0.2, -0.15) is 0 Å². The summed E-state index contributed by atoms with van der Waals surface area (Å²) in [6, 6.07) is 180. The summed E-state index contributed by atoms with van der Waals surface area (Å²) in [7, 11) is 0. The number of ether oxygens (including phenoxy) is 4. The van der Waals surface area contributed by atoms with Gasteiger partial charge in [-0.05, 0) is 295 Å². The number of nitrogens with zero attached hydrogens (tertiary/aromatic N) is 2. The Balaban J connectivity index is 0.574. The van der Waals surface area contributed by atoms with Crippen molar-refractivity contribution in [1.29, 1.82) is 0 Å². The van der Waals surface area contributed by atoms with Crippen molar-refractivity contribution in [2.24, 2.45) is 0 Å². The molecule has 7 nitrogen and oxygen atoms in total. The molecule has 2 unspecified atom stereocenters. The summed E-state index contributed by atoms with van der Waals surface area (Å²) in [5, 5.41) is 9.50. The van der Waals surface area contributed by atoms with Gasteiger partial charge >= 0.3 is 0 Å². The van der Waals surface area contributed by atoms with Gasteiger partial charge < -0.3 is 33.2 Å². The topological polar surface area (TPSA) is 56.5 Å². The van der Waals surface area contributed by atoms with Gasteiger partial charge in [0.2, 0.25) is 0 Å². The Morgan fingerprint density at radius 2 is 0.392 bits per heavy atom. The maximum absolute atomic E-state index is 7.40. The van der Waals surface area contributed by atoms with E-state index in [-0.39, 0.29) is 0 Å². The lowest BCUT2D eigenvalue weighted by atomic mass is 9.65. The first-order chi connectivity index (χ1) is 70.8. The first kappa shape index (κ1) is 78.5. The number of hydrogen-bond donors (Lipinski definition) is 0. The van der Waals surface area contributed by atoms with Crippen molar-refractivity contribution >= 4 is 88.4 Å². The van der Waals surface area contributed by atoms with Crippen molar-refractivity contribution in [3.8, 4) is 113 Å². The molecule has 0 amide bonds. The Morgan fingerprint density at radius 1 is 0.133 bits per heavy atom. The molecule has 0 saturated heterocycles. The van der Waals surface area contributed by atoms with Crippen LogP contribution in [-0.2, 0) is 21.7 Å². The van der Waals surface area contributed by atoms with Gasteiger partial charge in [0.1, 0.15) is 57.2 Å². The molecule has 143 heavy (non-hydrogen) atoms. The molecule has 24 aromatic rings. The monoisotopic (exact) mass is 1820 g/mol. The van der Waals surface area contributed by atoms with E-state index in [1.54, 1.807) is 0 Å². The molecule has 4 aliphatic heterocycles. The Bertz CT molecular complexity index is 9640. The summed E-state index contributed by atoms with van der Waals surface area (Å²) in [6.07, 6.45) is 0. The van der Waals surface area contributed by atoms with Gasteiger partial charge in [-0.1, -0.05) is 334 Å². The highest BCUT2D eigenvalue weighted by Gasteiger charge is 2.57. The average molecular weight is 1820 g/mol. The quantitative estimate of drug-likeness (QED) is 0.141. The van der Waals surface area contributed by atoms with Crippen LogP contribution in [-0.4, -0.2) is 0 Å². The molecule has 0 fully saturated rings. The van der Waals surface area contributed by atoms with Crippen LogP contribution in [0.5, 0.6) is 46.0 Å². The summed E-state index contributed by atoms with van der Waals surface area (Å²) in [6.45, 7) is 0. The number of fused-ring (bicyclic) bond motifs is 45. The van der Waals surface area contributed by atoms with Gasteiger partial charge in [-0.25, -0.2) is 0 Å². The minimum absolute atomic E-state index is 0.659. The van der Waals surface area contributed by atoms with Crippen LogP contribution in [0.4, 0.5) is 34.1 Å². The summed E-state index contributed by atoms with van der Waals surface area (Å²) in [4.78, 5) is 5.00.